The van der Waals surface area contributed by atoms with Gasteiger partial charge in [-0.25, -0.2) is 0 Å². The third-order valence-electron chi connectivity index (χ3n) is 4.36. The van der Waals surface area contributed by atoms with Crippen molar-refractivity contribution in [2.75, 3.05) is 33.3 Å². The lowest BCUT2D eigenvalue weighted by atomic mass is 10.1. The summed E-state index contributed by atoms with van der Waals surface area (Å²) >= 11 is 6.01. The molecule has 0 bridgehead atoms. The summed E-state index contributed by atoms with van der Waals surface area (Å²) in [5.74, 6) is 1.60. The Morgan fingerprint density at radius 1 is 1.52 bits per heavy atom. The van der Waals surface area contributed by atoms with Gasteiger partial charge >= 0.3 is 0 Å². The number of aryl methyl sites for hydroxylation is 1. The molecule has 146 valence electrons. The molecule has 1 aliphatic heterocycles. The molecular formula is C19H26ClN5O2. The molecule has 2 atom stereocenters. The van der Waals surface area contributed by atoms with Crippen LogP contribution < -0.4 is 10.1 Å². The van der Waals surface area contributed by atoms with Crippen molar-refractivity contribution in [1.29, 1.82) is 0 Å². The summed E-state index contributed by atoms with van der Waals surface area (Å²) in [6.07, 6.45) is 3.80. The van der Waals surface area contributed by atoms with Gasteiger partial charge in [0, 0.05) is 37.4 Å². The Balaban J connectivity index is 1.53. The van der Waals surface area contributed by atoms with Crippen molar-refractivity contribution in [3.05, 3.63) is 47.2 Å². The van der Waals surface area contributed by atoms with Crippen molar-refractivity contribution >= 4 is 17.6 Å². The summed E-state index contributed by atoms with van der Waals surface area (Å²) in [5.41, 5.74) is 1.08. The number of aliphatic imine (C=N–C) groups is 1. The normalized spacial score (nSPS) is 19.0. The Labute approximate surface area is 164 Å². The van der Waals surface area contributed by atoms with Crippen molar-refractivity contribution in [3.8, 4) is 5.75 Å². The highest BCUT2D eigenvalue weighted by atomic mass is 35.5. The molecule has 1 saturated heterocycles. The summed E-state index contributed by atoms with van der Waals surface area (Å²) in [6.45, 7) is 4.82. The third-order valence-corrected chi connectivity index (χ3v) is 4.59. The first kappa shape index (κ1) is 19.5. The number of ether oxygens (including phenoxy) is 2. The standard InChI is InChI=1S/C19H26ClN5O2/c1-14(27-17-6-4-5-16(20)9-17)10-22-19(21-2)25-7-8-26-18(13-25)15-11-23-24(3)12-15/h4-6,9,11-12,14,18H,7-8,10,13H2,1-3H3,(H,21,22). The molecule has 8 heteroatoms. The molecule has 2 aromatic rings. The van der Waals surface area contributed by atoms with Crippen LogP contribution in [-0.4, -0.2) is 60.0 Å². The predicted molar refractivity (Wildman–Crippen MR) is 106 cm³/mol. The maximum absolute atomic E-state index is 6.01. The summed E-state index contributed by atoms with van der Waals surface area (Å²) in [7, 11) is 3.70. The molecule has 1 N–H and O–H groups in total. The second kappa shape index (κ2) is 9.10. The van der Waals surface area contributed by atoms with Gasteiger partial charge in [0.2, 0.25) is 0 Å². The van der Waals surface area contributed by atoms with Crippen molar-refractivity contribution in [1.82, 2.24) is 20.0 Å². The fourth-order valence-corrected chi connectivity index (χ4v) is 3.21. The van der Waals surface area contributed by atoms with Crippen LogP contribution in [0.3, 0.4) is 0 Å². The zero-order chi connectivity index (χ0) is 19.2. The lowest BCUT2D eigenvalue weighted by molar-refractivity contribution is -0.00814. The van der Waals surface area contributed by atoms with Gasteiger partial charge in [-0.1, -0.05) is 17.7 Å². The van der Waals surface area contributed by atoms with Gasteiger partial charge < -0.3 is 19.7 Å². The summed E-state index contributed by atoms with van der Waals surface area (Å²) in [5, 5.41) is 8.29. The number of nitrogens with zero attached hydrogens (tertiary/aromatic N) is 4. The maximum atomic E-state index is 6.01. The molecule has 27 heavy (non-hydrogen) atoms. The number of rotatable bonds is 5. The fourth-order valence-electron chi connectivity index (χ4n) is 3.03. The van der Waals surface area contributed by atoms with E-state index in [4.69, 9.17) is 21.1 Å². The largest absolute Gasteiger partial charge is 0.489 e. The molecule has 1 aliphatic rings. The molecule has 0 radical (unpaired) electrons. The van der Waals surface area contributed by atoms with E-state index in [9.17, 15) is 0 Å². The topological polar surface area (TPSA) is 63.9 Å². The van der Waals surface area contributed by atoms with Gasteiger partial charge in [-0.2, -0.15) is 5.10 Å². The lowest BCUT2D eigenvalue weighted by Crippen LogP contribution is -2.49. The second-order valence-corrected chi connectivity index (χ2v) is 7.00. The first-order valence-electron chi connectivity index (χ1n) is 9.03. The van der Waals surface area contributed by atoms with E-state index >= 15 is 0 Å². The molecule has 1 aromatic heterocycles. The van der Waals surface area contributed by atoms with Crippen LogP contribution in [0, 0.1) is 0 Å². The van der Waals surface area contributed by atoms with Crippen LogP contribution in [0.2, 0.25) is 5.02 Å². The van der Waals surface area contributed by atoms with Gasteiger partial charge in [0.25, 0.3) is 0 Å². The number of nitrogens with one attached hydrogen (secondary N) is 1. The number of hydrogen-bond donors (Lipinski definition) is 1. The van der Waals surface area contributed by atoms with Gasteiger partial charge in [-0.15, -0.1) is 0 Å². The highest BCUT2D eigenvalue weighted by Gasteiger charge is 2.25. The van der Waals surface area contributed by atoms with Crippen LogP contribution in [0.1, 0.15) is 18.6 Å². The van der Waals surface area contributed by atoms with E-state index in [0.717, 1.165) is 30.4 Å². The summed E-state index contributed by atoms with van der Waals surface area (Å²) in [4.78, 5) is 6.62. The minimum Gasteiger partial charge on any atom is -0.489 e. The van der Waals surface area contributed by atoms with E-state index in [2.05, 4.69) is 20.3 Å². The lowest BCUT2D eigenvalue weighted by Gasteiger charge is -2.35. The minimum absolute atomic E-state index is 0.00821. The van der Waals surface area contributed by atoms with Crippen LogP contribution >= 0.6 is 11.6 Å². The second-order valence-electron chi connectivity index (χ2n) is 6.57. The van der Waals surface area contributed by atoms with Gasteiger partial charge in [-0.05, 0) is 25.1 Å². The van der Waals surface area contributed by atoms with Crippen LogP contribution in [0.15, 0.2) is 41.7 Å². The Morgan fingerprint density at radius 3 is 3.07 bits per heavy atom. The van der Waals surface area contributed by atoms with Crippen molar-refractivity contribution < 1.29 is 9.47 Å². The Morgan fingerprint density at radius 2 is 2.37 bits per heavy atom. The number of halogens is 1. The van der Waals surface area contributed by atoms with Gasteiger partial charge in [0.15, 0.2) is 5.96 Å². The SMILES string of the molecule is CN=C(NCC(C)Oc1cccc(Cl)c1)N1CCOC(c2cnn(C)c2)C1. The molecule has 0 saturated carbocycles. The highest BCUT2D eigenvalue weighted by molar-refractivity contribution is 6.30. The number of aromatic nitrogens is 2. The molecule has 1 aromatic carbocycles. The van der Waals surface area contributed by atoms with Crippen molar-refractivity contribution in [2.45, 2.75) is 19.1 Å². The number of guanidine groups is 1. The zero-order valence-corrected chi connectivity index (χ0v) is 16.7. The molecule has 0 aliphatic carbocycles. The number of hydrogen-bond acceptors (Lipinski definition) is 4. The Kier molecular flexibility index (Phi) is 6.58. The molecule has 1 fully saturated rings. The molecule has 3 rings (SSSR count). The van der Waals surface area contributed by atoms with E-state index in [1.807, 2.05) is 50.6 Å². The fraction of sp³-hybridized carbons (Fsp3) is 0.474. The van der Waals surface area contributed by atoms with Crippen LogP contribution in [0.25, 0.3) is 0 Å². The first-order chi connectivity index (χ1) is 13.0. The van der Waals surface area contributed by atoms with Gasteiger partial charge in [0.05, 0.1) is 25.9 Å². The van der Waals surface area contributed by atoms with E-state index in [1.54, 1.807) is 11.7 Å². The van der Waals surface area contributed by atoms with Crippen LogP contribution in [0.4, 0.5) is 0 Å². The molecule has 0 spiro atoms. The number of benzene rings is 1. The first-order valence-corrected chi connectivity index (χ1v) is 9.41. The van der Waals surface area contributed by atoms with E-state index in [0.29, 0.717) is 18.2 Å². The Hall–Kier alpha value is -2.25. The average molecular weight is 392 g/mol. The molecule has 7 nitrogen and oxygen atoms in total. The highest BCUT2D eigenvalue weighted by Crippen LogP contribution is 2.22. The number of morpholine rings is 1. The minimum atomic E-state index is -0.0321. The maximum Gasteiger partial charge on any atom is 0.193 e. The van der Waals surface area contributed by atoms with E-state index in [-0.39, 0.29) is 12.2 Å². The van der Waals surface area contributed by atoms with Crippen molar-refractivity contribution in [3.63, 3.8) is 0 Å². The Bertz CT molecular complexity index is 779. The molecule has 2 heterocycles. The van der Waals surface area contributed by atoms with Crippen LogP contribution in [-0.2, 0) is 11.8 Å². The van der Waals surface area contributed by atoms with Crippen LogP contribution in [0.5, 0.6) is 5.75 Å². The quantitative estimate of drug-likeness (QED) is 0.626. The molecule has 2 unspecified atom stereocenters. The van der Waals surface area contributed by atoms with Crippen molar-refractivity contribution in [2.24, 2.45) is 12.0 Å². The van der Waals surface area contributed by atoms with Gasteiger partial charge in [0.1, 0.15) is 18.0 Å². The predicted octanol–water partition coefficient (Wildman–Crippen LogP) is 2.49. The van der Waals surface area contributed by atoms with Gasteiger partial charge in [-0.3, -0.25) is 9.67 Å². The zero-order valence-electron chi connectivity index (χ0n) is 15.9. The summed E-state index contributed by atoms with van der Waals surface area (Å²) < 4.78 is 13.6. The summed E-state index contributed by atoms with van der Waals surface area (Å²) in [6, 6.07) is 7.42. The van der Waals surface area contributed by atoms with E-state index in [1.165, 1.54) is 0 Å². The third kappa shape index (κ3) is 5.37. The smallest absolute Gasteiger partial charge is 0.193 e. The average Bonchev–Trinajstić information content (AvgIpc) is 3.09. The monoisotopic (exact) mass is 391 g/mol. The molecular weight excluding hydrogens is 366 g/mol. The molecule has 0 amide bonds. The van der Waals surface area contributed by atoms with E-state index < -0.39 is 0 Å².